The van der Waals surface area contributed by atoms with Crippen molar-refractivity contribution >= 4 is 22.9 Å². The lowest BCUT2D eigenvalue weighted by Gasteiger charge is -2.29. The average molecular weight is 452 g/mol. The summed E-state index contributed by atoms with van der Waals surface area (Å²) in [5.41, 5.74) is 6.23. The largest absolute Gasteiger partial charge is 0.456 e. The molecule has 172 valence electrons. The third-order valence-corrected chi connectivity index (χ3v) is 7.47. The zero-order valence-electron chi connectivity index (χ0n) is 19.6. The van der Waals surface area contributed by atoms with Gasteiger partial charge in [-0.3, -0.25) is 4.79 Å². The Kier molecular flexibility index (Phi) is 5.66. The van der Waals surface area contributed by atoms with E-state index in [1.54, 1.807) is 0 Å². The lowest BCUT2D eigenvalue weighted by molar-refractivity contribution is 0.112. The molecule has 1 aliphatic carbocycles. The lowest BCUT2D eigenvalue weighted by atomic mass is 9.93. The summed E-state index contributed by atoms with van der Waals surface area (Å²) in [7, 11) is 0. The number of aldehydes is 1. The highest BCUT2D eigenvalue weighted by molar-refractivity contribution is 6.02. The van der Waals surface area contributed by atoms with Gasteiger partial charge in [-0.2, -0.15) is 0 Å². The zero-order valence-corrected chi connectivity index (χ0v) is 19.6. The number of hydrogen-bond donors (Lipinski definition) is 0. The van der Waals surface area contributed by atoms with Crippen LogP contribution in [-0.2, 0) is 0 Å². The van der Waals surface area contributed by atoms with E-state index in [4.69, 9.17) is 4.42 Å². The van der Waals surface area contributed by atoms with E-state index in [1.165, 1.54) is 55.1 Å². The smallest absolute Gasteiger partial charge is 0.203 e. The first-order chi connectivity index (χ1) is 16.8. The van der Waals surface area contributed by atoms with Crippen molar-refractivity contribution in [3.8, 4) is 22.5 Å². The second-order valence-corrected chi connectivity index (χ2v) is 9.67. The van der Waals surface area contributed by atoms with Gasteiger partial charge in [0.25, 0.3) is 0 Å². The second-order valence-electron chi connectivity index (χ2n) is 9.67. The summed E-state index contributed by atoms with van der Waals surface area (Å²) < 4.78 is 9.08. The van der Waals surface area contributed by atoms with E-state index >= 15 is 0 Å². The Balaban J connectivity index is 1.58. The van der Waals surface area contributed by atoms with Gasteiger partial charge in [0.15, 0.2) is 0 Å². The summed E-state index contributed by atoms with van der Waals surface area (Å²) in [5, 5.41) is 2.35. The Morgan fingerprint density at radius 1 is 0.794 bits per heavy atom. The van der Waals surface area contributed by atoms with Crippen molar-refractivity contribution in [2.75, 3.05) is 31.1 Å². The van der Waals surface area contributed by atoms with Crippen LogP contribution in [0.2, 0.25) is 0 Å². The summed E-state index contributed by atoms with van der Waals surface area (Å²) in [6.07, 6.45) is 8.54. The van der Waals surface area contributed by atoms with E-state index < -0.39 is 0 Å². The molecule has 0 atom stereocenters. The number of carbonyl (C=O) groups excluding carboxylic acids is 1. The van der Waals surface area contributed by atoms with Crippen LogP contribution in [0.15, 0.2) is 65.1 Å². The molecule has 0 amide bonds. The van der Waals surface area contributed by atoms with Gasteiger partial charge in [0.1, 0.15) is 30.7 Å². The molecule has 4 aliphatic rings. The van der Waals surface area contributed by atoms with Crippen LogP contribution in [0.4, 0.5) is 5.69 Å². The number of anilines is 1. The molecule has 0 N–H and O–H groups in total. The number of nitrogens with zero attached hydrogens (tertiary/aromatic N) is 2. The summed E-state index contributed by atoms with van der Waals surface area (Å²) >= 11 is 0. The molecule has 34 heavy (non-hydrogen) atoms. The molecule has 2 saturated heterocycles. The first kappa shape index (κ1) is 21.2. The zero-order chi connectivity index (χ0) is 22.9. The van der Waals surface area contributed by atoms with Crippen molar-refractivity contribution in [2.24, 2.45) is 0 Å². The molecule has 2 aromatic carbocycles. The molecule has 4 heteroatoms. The van der Waals surface area contributed by atoms with Crippen LogP contribution in [0.1, 0.15) is 48.9 Å². The Morgan fingerprint density at radius 3 is 2.32 bits per heavy atom. The fourth-order valence-corrected chi connectivity index (χ4v) is 5.60. The molecule has 6 rings (SSSR count). The van der Waals surface area contributed by atoms with E-state index in [1.807, 2.05) is 12.1 Å². The summed E-state index contributed by atoms with van der Waals surface area (Å²) in [5.74, 6) is 0.917. The van der Waals surface area contributed by atoms with Gasteiger partial charge in [-0.25, -0.2) is 4.58 Å². The van der Waals surface area contributed by atoms with Crippen LogP contribution in [0.25, 0.3) is 33.4 Å². The summed E-state index contributed by atoms with van der Waals surface area (Å²) in [6, 6.07) is 21.2. The topological polar surface area (TPSA) is 36.5 Å². The number of rotatable bonds is 3. The fraction of sp³-hybridized carbons (Fsp3) is 0.333. The maximum Gasteiger partial charge on any atom is 0.203 e. The molecule has 0 unspecified atom stereocenters. The predicted octanol–water partition coefficient (Wildman–Crippen LogP) is 5.96. The Hall–Kier alpha value is -3.40. The first-order valence-electron chi connectivity index (χ1n) is 12.7. The number of hydrogen-bond acceptors (Lipinski definition) is 3. The quantitative estimate of drug-likeness (QED) is 0.219. The minimum absolute atomic E-state index is 0.692. The minimum Gasteiger partial charge on any atom is -0.456 e. The molecule has 0 bridgehead atoms. The molecule has 0 spiro atoms. The van der Waals surface area contributed by atoms with Crippen molar-refractivity contribution in [1.82, 2.24) is 4.58 Å². The highest BCUT2D eigenvalue weighted by atomic mass is 16.3. The van der Waals surface area contributed by atoms with Crippen LogP contribution in [-0.4, -0.2) is 32.5 Å². The maximum absolute atomic E-state index is 11.2. The molecule has 0 radical (unpaired) electrons. The molecule has 2 fully saturated rings. The van der Waals surface area contributed by atoms with E-state index in [-0.39, 0.29) is 0 Å². The molecular formula is C30H31N2O2+. The normalized spacial score (nSPS) is 16.8. The van der Waals surface area contributed by atoms with Crippen molar-refractivity contribution in [1.29, 1.82) is 0 Å². The predicted molar refractivity (Wildman–Crippen MR) is 139 cm³/mol. The number of carbonyl (C=O) groups is 1. The van der Waals surface area contributed by atoms with Gasteiger partial charge in [-0.05, 0) is 49.4 Å². The molecule has 3 aliphatic heterocycles. The Bertz CT molecular complexity index is 1370. The Labute approximate surface area is 200 Å². The van der Waals surface area contributed by atoms with Gasteiger partial charge in [0, 0.05) is 65.8 Å². The van der Waals surface area contributed by atoms with Gasteiger partial charge in [0.05, 0.1) is 6.07 Å². The summed E-state index contributed by atoms with van der Waals surface area (Å²) in [6.45, 7) is 4.44. The van der Waals surface area contributed by atoms with Gasteiger partial charge in [-0.15, -0.1) is 0 Å². The fourth-order valence-electron chi connectivity index (χ4n) is 5.60. The van der Waals surface area contributed by atoms with Crippen molar-refractivity contribution in [3.63, 3.8) is 0 Å². The molecular weight excluding hydrogens is 420 g/mol. The first-order valence-corrected chi connectivity index (χ1v) is 12.7. The van der Waals surface area contributed by atoms with Gasteiger partial charge < -0.3 is 9.32 Å². The van der Waals surface area contributed by atoms with E-state index in [0.29, 0.717) is 5.56 Å². The molecule has 4 nitrogen and oxygen atoms in total. The van der Waals surface area contributed by atoms with Crippen LogP contribution < -0.4 is 14.8 Å². The Morgan fingerprint density at radius 2 is 1.56 bits per heavy atom. The van der Waals surface area contributed by atoms with Crippen molar-refractivity contribution in [3.05, 3.63) is 71.6 Å². The van der Waals surface area contributed by atoms with E-state index in [2.05, 4.69) is 58.0 Å². The monoisotopic (exact) mass is 451 g/mol. The number of benzene rings is 3. The number of fused-ring (bicyclic) bond motifs is 2. The minimum atomic E-state index is 0.692. The molecule has 0 saturated carbocycles. The van der Waals surface area contributed by atoms with Crippen LogP contribution >= 0.6 is 0 Å². The highest BCUT2D eigenvalue weighted by Crippen LogP contribution is 2.41. The SMILES string of the molecule is O=Cc1ccc(-c2c3ccc(=[N+]4CCCCC4)cc-3oc3cc(N4CCCCC4)ccc23)cc1. The third kappa shape index (κ3) is 3.91. The molecule has 0 aromatic heterocycles. The standard InChI is InChI=1S/C30H31N2O2/c33-21-22-7-9-23(10-8-22)30-26-13-11-24(31-15-3-1-4-16-31)19-28(26)34-29-20-25(12-14-27(29)30)32-17-5-2-6-18-32/h7-14,19-21H,1-6,15-18H2/q+1. The van der Waals surface area contributed by atoms with Gasteiger partial charge >= 0.3 is 0 Å². The van der Waals surface area contributed by atoms with E-state index in [0.717, 1.165) is 60.3 Å². The van der Waals surface area contributed by atoms with Crippen molar-refractivity contribution in [2.45, 2.75) is 38.5 Å². The van der Waals surface area contributed by atoms with Gasteiger partial charge in [-0.1, -0.05) is 24.3 Å². The summed E-state index contributed by atoms with van der Waals surface area (Å²) in [4.78, 5) is 13.7. The molecule has 3 heterocycles. The van der Waals surface area contributed by atoms with Crippen LogP contribution in [0, 0.1) is 0 Å². The third-order valence-electron chi connectivity index (χ3n) is 7.47. The van der Waals surface area contributed by atoms with Gasteiger partial charge in [0.2, 0.25) is 5.36 Å². The molecule has 2 aromatic rings. The van der Waals surface area contributed by atoms with Crippen LogP contribution in [0.5, 0.6) is 0 Å². The van der Waals surface area contributed by atoms with Crippen LogP contribution in [0.3, 0.4) is 0 Å². The van der Waals surface area contributed by atoms with E-state index in [9.17, 15) is 4.79 Å². The highest BCUT2D eigenvalue weighted by Gasteiger charge is 2.21. The lowest BCUT2D eigenvalue weighted by Crippen LogP contribution is -2.34. The number of piperidine rings is 2. The second kappa shape index (κ2) is 9.09. The maximum atomic E-state index is 11.2. The van der Waals surface area contributed by atoms with Crippen molar-refractivity contribution < 1.29 is 9.21 Å². The average Bonchev–Trinajstić information content (AvgIpc) is 2.92.